The zero-order valence-electron chi connectivity index (χ0n) is 2.46. The molecule has 6 heteroatoms. The SMILES string of the molecule is O=[SeH]=O.[O]=[Mn]=[O]. The summed E-state index contributed by atoms with van der Waals surface area (Å²) in [4.78, 5) is 0. The van der Waals surface area contributed by atoms with Crippen molar-refractivity contribution in [2.45, 2.75) is 0 Å². The Bertz CT molecular complexity index is 61.5. The van der Waals surface area contributed by atoms with Gasteiger partial charge in [0.05, 0.1) is 0 Å². The van der Waals surface area contributed by atoms with Gasteiger partial charge in [0, 0.05) is 0 Å². The Labute approximate surface area is 45.4 Å². The van der Waals surface area contributed by atoms with Crippen molar-refractivity contribution < 1.29 is 30.2 Å². The third kappa shape index (κ3) is 779. The van der Waals surface area contributed by atoms with Gasteiger partial charge in [-0.1, -0.05) is 0 Å². The molecule has 0 bridgehead atoms. The monoisotopic (exact) mass is 200 g/mol. The molecule has 38 valence electrons. The molecule has 0 unspecified atom stereocenters. The van der Waals surface area contributed by atoms with E-state index in [1.54, 1.807) is 0 Å². The molecule has 0 fully saturated rings. The van der Waals surface area contributed by atoms with E-state index < -0.39 is 29.6 Å². The number of rotatable bonds is 0. The van der Waals surface area contributed by atoms with E-state index in [0.717, 1.165) is 0 Å². The van der Waals surface area contributed by atoms with Gasteiger partial charge in [-0.05, 0) is 0 Å². The molecule has 0 aromatic heterocycles. The summed E-state index contributed by atoms with van der Waals surface area (Å²) in [6, 6.07) is 0. The van der Waals surface area contributed by atoms with Gasteiger partial charge < -0.3 is 0 Å². The first-order chi connectivity index (χ1) is 2.83. The second-order valence-corrected chi connectivity index (χ2v) is 0.647. The summed E-state index contributed by atoms with van der Waals surface area (Å²) in [5.74, 6) is 0. The Kier molecular flexibility index (Phi) is 29.8. The van der Waals surface area contributed by atoms with E-state index >= 15 is 0 Å². The second-order valence-electron chi connectivity index (χ2n) is 0.138. The average molecular weight is 199 g/mol. The van der Waals surface area contributed by atoms with Crippen molar-refractivity contribution in [3.05, 3.63) is 0 Å². The molecule has 4 nitrogen and oxygen atoms in total. The van der Waals surface area contributed by atoms with Crippen molar-refractivity contribution in [2.75, 3.05) is 0 Å². The minimum atomic E-state index is -1.81. The van der Waals surface area contributed by atoms with Crippen LogP contribution in [0.4, 0.5) is 0 Å². The summed E-state index contributed by atoms with van der Waals surface area (Å²) in [7, 11) is 0. The summed E-state index contributed by atoms with van der Waals surface area (Å²) in [5.41, 5.74) is 0. The third-order valence-electron chi connectivity index (χ3n) is 0. The molecular weight excluding hydrogens is 198 g/mol. The van der Waals surface area contributed by atoms with Gasteiger partial charge in [-0.3, -0.25) is 0 Å². The molecule has 0 N–H and O–H groups in total. The van der Waals surface area contributed by atoms with E-state index in [1.807, 2.05) is 0 Å². The molecule has 0 rings (SSSR count). The fraction of sp³-hybridized carbons (Fsp3) is 0. The summed E-state index contributed by atoms with van der Waals surface area (Å²) >= 11 is -3.25. The van der Waals surface area contributed by atoms with Gasteiger partial charge in [-0.25, -0.2) is 0 Å². The minimum absolute atomic E-state index is 1.44. The van der Waals surface area contributed by atoms with Gasteiger partial charge in [0.25, 0.3) is 0 Å². The van der Waals surface area contributed by atoms with Gasteiger partial charge in [0.15, 0.2) is 0 Å². The maximum atomic E-state index is 8.47. The van der Waals surface area contributed by atoms with Crippen molar-refractivity contribution in [1.82, 2.24) is 0 Å². The van der Waals surface area contributed by atoms with Crippen LogP contribution >= 0.6 is 0 Å². The van der Waals surface area contributed by atoms with Gasteiger partial charge in [-0.15, -0.1) is 0 Å². The zero-order chi connectivity index (χ0) is 5.41. The van der Waals surface area contributed by atoms with E-state index in [2.05, 4.69) is 0 Å². The van der Waals surface area contributed by atoms with E-state index in [1.165, 1.54) is 0 Å². The molecule has 0 aliphatic heterocycles. The first kappa shape index (κ1) is 9.53. The fourth-order valence-corrected chi connectivity index (χ4v) is 0. The number of hydrogen-bond acceptors (Lipinski definition) is 4. The van der Waals surface area contributed by atoms with Crippen LogP contribution in [0.5, 0.6) is 0 Å². The van der Waals surface area contributed by atoms with Crippen LogP contribution in [-0.2, 0) is 30.2 Å². The molecule has 6 heavy (non-hydrogen) atoms. The Morgan fingerprint density at radius 1 is 1.17 bits per heavy atom. The Balaban J connectivity index is 0. The van der Waals surface area contributed by atoms with Crippen molar-refractivity contribution in [2.24, 2.45) is 0 Å². The van der Waals surface area contributed by atoms with Crippen molar-refractivity contribution in [1.29, 1.82) is 0 Å². The van der Waals surface area contributed by atoms with Gasteiger partial charge >= 0.3 is 45.0 Å². The molecule has 0 amide bonds. The van der Waals surface area contributed by atoms with Crippen LogP contribution in [0.2, 0.25) is 0 Å². The summed E-state index contributed by atoms with van der Waals surface area (Å²) in [6.45, 7) is 0. The predicted octanol–water partition coefficient (Wildman–Crippen LogP) is -1.13. The second kappa shape index (κ2) is 18.8. The molecule has 0 aliphatic carbocycles. The van der Waals surface area contributed by atoms with Crippen LogP contribution in [0.1, 0.15) is 0 Å². The van der Waals surface area contributed by atoms with Crippen LogP contribution in [0, 0.1) is 0 Å². The molecule has 0 aliphatic rings. The van der Waals surface area contributed by atoms with Gasteiger partial charge in [0.2, 0.25) is 0 Å². The molecule has 1 radical (unpaired) electrons. The molecule has 0 atom stereocenters. The standard InChI is InChI=1S/Mn.HO2Se.2O/c;1-3-2;;/h;3H;;. The summed E-state index contributed by atoms with van der Waals surface area (Å²) in [5, 5.41) is 0. The molecule has 0 aromatic rings. The molecule has 0 saturated heterocycles. The van der Waals surface area contributed by atoms with E-state index in [4.69, 9.17) is 15.3 Å². The van der Waals surface area contributed by atoms with E-state index in [0.29, 0.717) is 0 Å². The van der Waals surface area contributed by atoms with E-state index in [-0.39, 0.29) is 0 Å². The van der Waals surface area contributed by atoms with Crippen LogP contribution in [-0.4, -0.2) is 14.8 Å². The van der Waals surface area contributed by atoms with Crippen LogP contribution < -0.4 is 0 Å². The molecule has 0 saturated carbocycles. The van der Waals surface area contributed by atoms with Crippen LogP contribution in [0.3, 0.4) is 0 Å². The van der Waals surface area contributed by atoms with Gasteiger partial charge in [-0.2, -0.15) is 0 Å². The van der Waals surface area contributed by atoms with Crippen molar-refractivity contribution in [3.63, 3.8) is 0 Å². The van der Waals surface area contributed by atoms with Gasteiger partial charge in [0.1, 0.15) is 0 Å². The first-order valence-corrected chi connectivity index (χ1v) is 3.17. The summed E-state index contributed by atoms with van der Waals surface area (Å²) < 4.78 is 33.8. The first-order valence-electron chi connectivity index (χ1n) is 0.674. The van der Waals surface area contributed by atoms with E-state index in [9.17, 15) is 0 Å². The van der Waals surface area contributed by atoms with Crippen molar-refractivity contribution in [3.8, 4) is 0 Å². The Morgan fingerprint density at radius 3 is 1.17 bits per heavy atom. The third-order valence-corrected chi connectivity index (χ3v) is 0. The molecule has 0 spiro atoms. The van der Waals surface area contributed by atoms with Crippen molar-refractivity contribution >= 4 is 14.8 Å². The average Bonchev–Trinajstić information content (AvgIpc) is 1.39. The maximum absolute atomic E-state index is 8.47. The molecular formula is HMnO4Se. The topological polar surface area (TPSA) is 68.3 Å². The molecule has 0 heterocycles. The quantitative estimate of drug-likeness (QED) is 0.463. The van der Waals surface area contributed by atoms with Crippen LogP contribution in [0.15, 0.2) is 0 Å². The normalized spacial score (nSPS) is 4.00. The Hall–Kier alpha value is 0.239. The van der Waals surface area contributed by atoms with Crippen LogP contribution in [0.25, 0.3) is 0 Å². The Morgan fingerprint density at radius 2 is 1.17 bits per heavy atom. The predicted molar refractivity (Wildman–Crippen MR) is 9.89 cm³/mol. The number of hydrogen-bond donors (Lipinski definition) is 0. The molecule has 0 aromatic carbocycles. The summed E-state index contributed by atoms with van der Waals surface area (Å²) in [6.07, 6.45) is 0. The zero-order valence-corrected chi connectivity index (χ0v) is 5.52. The fourth-order valence-electron chi connectivity index (χ4n) is 0.